The van der Waals surface area contributed by atoms with Crippen molar-refractivity contribution in [3.05, 3.63) is 24.2 Å². The number of rotatable bonds is 11. The third-order valence-electron chi connectivity index (χ3n) is 3.19. The molecule has 0 radical (unpaired) electrons. The van der Waals surface area contributed by atoms with Gasteiger partial charge in [-0.2, -0.15) is 0 Å². The van der Waals surface area contributed by atoms with Crippen molar-refractivity contribution >= 4 is 29.9 Å². The van der Waals surface area contributed by atoms with Crippen molar-refractivity contribution in [1.82, 2.24) is 25.8 Å². The van der Waals surface area contributed by atoms with Crippen LogP contribution in [-0.4, -0.2) is 61.2 Å². The molecule has 2 aromatic heterocycles. The van der Waals surface area contributed by atoms with Crippen LogP contribution >= 0.6 is 24.0 Å². The number of nitrogens with zero attached hydrogens (tertiary/aromatic N) is 3. The van der Waals surface area contributed by atoms with Crippen LogP contribution in [0.25, 0.3) is 11.6 Å². The van der Waals surface area contributed by atoms with E-state index in [0.717, 1.165) is 25.5 Å². The van der Waals surface area contributed by atoms with E-state index in [-0.39, 0.29) is 24.0 Å². The fourth-order valence-corrected chi connectivity index (χ4v) is 2.00. The van der Waals surface area contributed by atoms with E-state index in [2.05, 4.69) is 30.8 Å². The van der Waals surface area contributed by atoms with E-state index >= 15 is 0 Å². The monoisotopic (exact) mass is 478 g/mol. The van der Waals surface area contributed by atoms with E-state index in [1.807, 2.05) is 13.0 Å². The van der Waals surface area contributed by atoms with Gasteiger partial charge in [-0.1, -0.05) is 0 Å². The highest BCUT2D eigenvalue weighted by Gasteiger charge is 2.08. The number of guanidine groups is 1. The van der Waals surface area contributed by atoms with Gasteiger partial charge in [0.25, 0.3) is 0 Å². The number of H-pyrrole nitrogens is 1. The van der Waals surface area contributed by atoms with Crippen molar-refractivity contribution in [2.75, 3.05) is 40.0 Å². The summed E-state index contributed by atoms with van der Waals surface area (Å²) in [4.78, 5) is 8.86. The second-order valence-electron chi connectivity index (χ2n) is 5.16. The van der Waals surface area contributed by atoms with Crippen LogP contribution in [0.3, 0.4) is 0 Å². The average Bonchev–Trinajstić information content (AvgIpc) is 3.30. The van der Waals surface area contributed by atoms with Crippen LogP contribution in [0.1, 0.15) is 19.2 Å². The summed E-state index contributed by atoms with van der Waals surface area (Å²) in [7, 11) is 1.66. The van der Waals surface area contributed by atoms with Crippen LogP contribution in [0.15, 0.2) is 27.8 Å². The van der Waals surface area contributed by atoms with Crippen LogP contribution in [-0.2, 0) is 16.0 Å². The molecule has 9 nitrogen and oxygen atoms in total. The molecule has 0 unspecified atom stereocenters. The summed E-state index contributed by atoms with van der Waals surface area (Å²) < 4.78 is 15.6. The van der Waals surface area contributed by atoms with Crippen molar-refractivity contribution in [1.29, 1.82) is 0 Å². The number of aromatic amines is 1. The third kappa shape index (κ3) is 8.15. The maximum atomic E-state index is 5.43. The van der Waals surface area contributed by atoms with Gasteiger partial charge in [-0.15, -0.1) is 29.1 Å². The lowest BCUT2D eigenvalue weighted by molar-refractivity contribution is 0.0698. The lowest BCUT2D eigenvalue weighted by Gasteiger charge is -2.11. The molecule has 10 heteroatoms. The van der Waals surface area contributed by atoms with Crippen molar-refractivity contribution < 1.29 is 13.9 Å². The predicted octanol–water partition coefficient (Wildman–Crippen LogP) is 1.79. The smallest absolute Gasteiger partial charge is 0.216 e. The molecule has 0 aliphatic carbocycles. The predicted molar refractivity (Wildman–Crippen MR) is 110 cm³/mol. The highest BCUT2D eigenvalue weighted by Crippen LogP contribution is 2.14. The molecule has 0 amide bonds. The fraction of sp³-hybridized carbons (Fsp3) is 0.562. The Morgan fingerprint density at radius 2 is 2.19 bits per heavy atom. The van der Waals surface area contributed by atoms with Gasteiger partial charge in [0.2, 0.25) is 5.82 Å². The number of furan rings is 1. The Morgan fingerprint density at radius 1 is 1.31 bits per heavy atom. The molecule has 0 saturated heterocycles. The summed E-state index contributed by atoms with van der Waals surface area (Å²) in [5, 5.41) is 13.5. The van der Waals surface area contributed by atoms with E-state index in [1.54, 1.807) is 19.4 Å². The minimum absolute atomic E-state index is 0. The van der Waals surface area contributed by atoms with Crippen molar-refractivity contribution in [2.24, 2.45) is 4.99 Å². The first-order chi connectivity index (χ1) is 12.3. The first-order valence-corrected chi connectivity index (χ1v) is 8.37. The molecular formula is C16H27IN6O3. The molecule has 2 aromatic rings. The largest absolute Gasteiger partial charge is 0.461 e. The zero-order valence-corrected chi connectivity index (χ0v) is 17.5. The summed E-state index contributed by atoms with van der Waals surface area (Å²) in [6.45, 7) is 5.90. The summed E-state index contributed by atoms with van der Waals surface area (Å²) in [5.41, 5.74) is 0. The van der Waals surface area contributed by atoms with Crippen molar-refractivity contribution in [2.45, 2.75) is 19.9 Å². The molecule has 0 aromatic carbocycles. The normalized spacial score (nSPS) is 11.2. The average molecular weight is 478 g/mol. The van der Waals surface area contributed by atoms with E-state index in [4.69, 9.17) is 13.9 Å². The van der Waals surface area contributed by atoms with Crippen LogP contribution in [0, 0.1) is 0 Å². The van der Waals surface area contributed by atoms with E-state index in [0.29, 0.717) is 43.8 Å². The second kappa shape index (κ2) is 13.5. The van der Waals surface area contributed by atoms with E-state index in [1.165, 1.54) is 0 Å². The Hall–Kier alpha value is -1.66. The quantitative estimate of drug-likeness (QED) is 0.196. The molecule has 2 rings (SSSR count). The molecule has 0 saturated carbocycles. The van der Waals surface area contributed by atoms with Crippen LogP contribution in [0.5, 0.6) is 0 Å². The number of methoxy groups -OCH3 is 1. The van der Waals surface area contributed by atoms with Gasteiger partial charge >= 0.3 is 0 Å². The van der Waals surface area contributed by atoms with Crippen LogP contribution in [0.2, 0.25) is 0 Å². The SMILES string of the molecule is CCNC(=NCc1nc(-c2ccco2)n[nH]1)NCCCOCCOC.I. The number of aromatic nitrogens is 3. The Bertz CT molecular complexity index is 617. The van der Waals surface area contributed by atoms with Gasteiger partial charge in [0, 0.05) is 26.8 Å². The zero-order chi connectivity index (χ0) is 17.7. The molecule has 0 atom stereocenters. The van der Waals surface area contributed by atoms with Gasteiger partial charge < -0.3 is 24.5 Å². The van der Waals surface area contributed by atoms with Crippen LogP contribution in [0.4, 0.5) is 0 Å². The van der Waals surface area contributed by atoms with Gasteiger partial charge in [-0.3, -0.25) is 5.10 Å². The minimum atomic E-state index is 0. The fourth-order valence-electron chi connectivity index (χ4n) is 2.00. The third-order valence-corrected chi connectivity index (χ3v) is 3.19. The lowest BCUT2D eigenvalue weighted by atomic mass is 10.4. The Morgan fingerprint density at radius 3 is 2.92 bits per heavy atom. The van der Waals surface area contributed by atoms with Gasteiger partial charge in [0.1, 0.15) is 12.4 Å². The maximum absolute atomic E-state index is 5.43. The summed E-state index contributed by atoms with van der Waals surface area (Å²) >= 11 is 0. The number of halogens is 1. The van der Waals surface area contributed by atoms with E-state index < -0.39 is 0 Å². The van der Waals surface area contributed by atoms with Gasteiger partial charge in [0.05, 0.1) is 19.5 Å². The number of nitrogens with one attached hydrogen (secondary N) is 3. The van der Waals surface area contributed by atoms with Crippen molar-refractivity contribution in [3.8, 4) is 11.6 Å². The summed E-state index contributed by atoms with van der Waals surface area (Å²) in [6, 6.07) is 3.62. The van der Waals surface area contributed by atoms with Gasteiger partial charge in [-0.25, -0.2) is 9.98 Å². The number of hydrogen-bond donors (Lipinski definition) is 3. The lowest BCUT2D eigenvalue weighted by Crippen LogP contribution is -2.38. The van der Waals surface area contributed by atoms with Gasteiger partial charge in [-0.05, 0) is 25.5 Å². The molecule has 0 aliphatic rings. The summed E-state index contributed by atoms with van der Waals surface area (Å²) in [6.07, 6.45) is 2.48. The van der Waals surface area contributed by atoms with Crippen LogP contribution < -0.4 is 10.6 Å². The Kier molecular flexibility index (Phi) is 11.6. The standard InChI is InChI=1S/C16H26N6O3.HI/c1-3-17-16(18-7-5-8-24-11-10-23-2)19-12-14-20-15(22-21-14)13-6-4-9-25-13;/h4,6,9H,3,5,7-8,10-12H2,1-2H3,(H2,17,18,19)(H,20,21,22);1H. The van der Waals surface area contributed by atoms with E-state index in [9.17, 15) is 0 Å². The van der Waals surface area contributed by atoms with Gasteiger partial charge in [0.15, 0.2) is 11.7 Å². The number of ether oxygens (including phenoxy) is 2. The maximum Gasteiger partial charge on any atom is 0.216 e. The molecule has 3 N–H and O–H groups in total. The topological polar surface area (TPSA) is 110 Å². The molecule has 146 valence electrons. The number of hydrogen-bond acceptors (Lipinski definition) is 6. The molecule has 26 heavy (non-hydrogen) atoms. The summed E-state index contributed by atoms with van der Waals surface area (Å²) in [5.74, 6) is 2.56. The number of aliphatic imine (C=N–C) groups is 1. The van der Waals surface area contributed by atoms with Crippen molar-refractivity contribution in [3.63, 3.8) is 0 Å². The first-order valence-electron chi connectivity index (χ1n) is 8.37. The molecule has 0 fully saturated rings. The highest BCUT2D eigenvalue weighted by atomic mass is 127. The molecule has 0 bridgehead atoms. The Balaban J connectivity index is 0.00000338. The minimum Gasteiger partial charge on any atom is -0.461 e. The second-order valence-corrected chi connectivity index (χ2v) is 5.16. The zero-order valence-electron chi connectivity index (χ0n) is 15.2. The first kappa shape index (κ1) is 22.4. The molecule has 0 spiro atoms. The molecular weight excluding hydrogens is 451 g/mol. The molecule has 2 heterocycles. The highest BCUT2D eigenvalue weighted by molar-refractivity contribution is 14.0. The Labute approximate surface area is 170 Å². The molecule has 0 aliphatic heterocycles.